The monoisotopic (exact) mass is 267 g/mol. The van der Waals surface area contributed by atoms with Crippen LogP contribution in [0.15, 0.2) is 42.5 Å². The van der Waals surface area contributed by atoms with E-state index in [2.05, 4.69) is 11.4 Å². The summed E-state index contributed by atoms with van der Waals surface area (Å²) in [6.07, 6.45) is 0. The Bertz CT molecular complexity index is 690. The molecule has 100 valence electrons. The number of ether oxygens (including phenoxy) is 1. The highest BCUT2D eigenvalue weighted by Gasteiger charge is 2.15. The van der Waals surface area contributed by atoms with E-state index in [0.717, 1.165) is 0 Å². The van der Waals surface area contributed by atoms with E-state index in [-0.39, 0.29) is 0 Å². The van der Waals surface area contributed by atoms with E-state index >= 15 is 0 Å². The van der Waals surface area contributed by atoms with Crippen LogP contribution in [0.4, 0.5) is 17.1 Å². The topological polar surface area (TPSA) is 88.1 Å². The Balaban J connectivity index is 2.48. The maximum absolute atomic E-state index is 11.7. The van der Waals surface area contributed by atoms with Crippen molar-refractivity contribution in [3.63, 3.8) is 0 Å². The van der Waals surface area contributed by atoms with Gasteiger partial charge in [-0.3, -0.25) is 0 Å². The summed E-state index contributed by atoms with van der Waals surface area (Å²) in [6.45, 7) is 0. The molecular formula is C15H13N3O2. The number of nitriles is 1. The molecule has 0 heterocycles. The molecule has 5 heteroatoms. The van der Waals surface area contributed by atoms with Gasteiger partial charge in [0.1, 0.15) is 6.07 Å². The van der Waals surface area contributed by atoms with E-state index in [0.29, 0.717) is 28.2 Å². The Labute approximate surface area is 116 Å². The van der Waals surface area contributed by atoms with Gasteiger partial charge in [0, 0.05) is 0 Å². The summed E-state index contributed by atoms with van der Waals surface area (Å²) in [5, 5.41) is 12.1. The molecular weight excluding hydrogens is 254 g/mol. The van der Waals surface area contributed by atoms with Crippen molar-refractivity contribution in [1.82, 2.24) is 0 Å². The van der Waals surface area contributed by atoms with Crippen molar-refractivity contribution in [3.05, 3.63) is 53.6 Å². The van der Waals surface area contributed by atoms with Crippen molar-refractivity contribution < 1.29 is 9.53 Å². The molecule has 0 bridgehead atoms. The molecule has 0 radical (unpaired) electrons. The summed E-state index contributed by atoms with van der Waals surface area (Å²) >= 11 is 0. The Hall–Kier alpha value is -3.00. The molecule has 0 atom stereocenters. The first-order valence-corrected chi connectivity index (χ1v) is 5.90. The number of methoxy groups -OCH3 is 1. The van der Waals surface area contributed by atoms with E-state index in [9.17, 15) is 4.79 Å². The van der Waals surface area contributed by atoms with Crippen molar-refractivity contribution in [2.24, 2.45) is 0 Å². The summed E-state index contributed by atoms with van der Waals surface area (Å²) in [5.74, 6) is -0.491. The van der Waals surface area contributed by atoms with Gasteiger partial charge in [-0.1, -0.05) is 18.2 Å². The first kappa shape index (κ1) is 13.4. The lowest BCUT2D eigenvalue weighted by Gasteiger charge is -2.14. The highest BCUT2D eigenvalue weighted by molar-refractivity contribution is 6.00. The van der Waals surface area contributed by atoms with Crippen LogP contribution in [0.25, 0.3) is 0 Å². The highest BCUT2D eigenvalue weighted by atomic mass is 16.5. The standard InChI is InChI=1S/C15H13N3O2/c1-20-15(19)11-6-4-7-12(17)14(11)18-13-8-3-2-5-10(13)9-16/h2-8,18H,17H2,1H3. The Kier molecular flexibility index (Phi) is 3.87. The van der Waals surface area contributed by atoms with Gasteiger partial charge in [0.15, 0.2) is 0 Å². The second-order valence-electron chi connectivity index (χ2n) is 4.04. The van der Waals surface area contributed by atoms with E-state index in [4.69, 9.17) is 15.7 Å². The number of nitrogen functional groups attached to an aromatic ring is 1. The molecule has 0 aliphatic carbocycles. The minimum absolute atomic E-state index is 0.320. The lowest BCUT2D eigenvalue weighted by molar-refractivity contribution is 0.0602. The maximum Gasteiger partial charge on any atom is 0.340 e. The van der Waals surface area contributed by atoms with Crippen LogP contribution in [0, 0.1) is 11.3 Å². The quantitative estimate of drug-likeness (QED) is 0.659. The zero-order chi connectivity index (χ0) is 14.5. The molecule has 0 fully saturated rings. The number of rotatable bonds is 3. The molecule has 0 aliphatic heterocycles. The number of benzene rings is 2. The smallest absolute Gasteiger partial charge is 0.340 e. The molecule has 0 aromatic heterocycles. The van der Waals surface area contributed by atoms with Gasteiger partial charge in [0.05, 0.1) is 35.3 Å². The molecule has 5 nitrogen and oxygen atoms in total. The SMILES string of the molecule is COC(=O)c1cccc(N)c1Nc1ccccc1C#N. The fourth-order valence-electron chi connectivity index (χ4n) is 1.81. The van der Waals surface area contributed by atoms with Crippen molar-refractivity contribution in [2.75, 3.05) is 18.2 Å². The first-order chi connectivity index (χ1) is 9.67. The molecule has 3 N–H and O–H groups in total. The van der Waals surface area contributed by atoms with Gasteiger partial charge in [-0.25, -0.2) is 4.79 Å². The third-order valence-corrected chi connectivity index (χ3v) is 2.81. The Morgan fingerprint density at radius 1 is 1.25 bits per heavy atom. The third-order valence-electron chi connectivity index (χ3n) is 2.81. The van der Waals surface area contributed by atoms with Gasteiger partial charge in [-0.2, -0.15) is 5.26 Å². The summed E-state index contributed by atoms with van der Waals surface area (Å²) in [5.41, 5.74) is 8.10. The predicted molar refractivity (Wildman–Crippen MR) is 76.6 cm³/mol. The molecule has 2 rings (SSSR count). The Morgan fingerprint density at radius 2 is 2.00 bits per heavy atom. The van der Waals surface area contributed by atoms with Gasteiger partial charge < -0.3 is 15.8 Å². The van der Waals surface area contributed by atoms with Crippen LogP contribution in [0.5, 0.6) is 0 Å². The van der Waals surface area contributed by atoms with Gasteiger partial charge in [0.2, 0.25) is 0 Å². The molecule has 2 aromatic carbocycles. The third kappa shape index (κ3) is 2.54. The van der Waals surface area contributed by atoms with Crippen LogP contribution in [0.2, 0.25) is 0 Å². The highest BCUT2D eigenvalue weighted by Crippen LogP contribution is 2.29. The minimum atomic E-state index is -0.491. The van der Waals surface area contributed by atoms with Crippen LogP contribution >= 0.6 is 0 Å². The van der Waals surface area contributed by atoms with Crippen LogP contribution in [-0.4, -0.2) is 13.1 Å². The number of nitrogens with one attached hydrogen (secondary N) is 1. The summed E-state index contributed by atoms with van der Waals surface area (Å²) in [4.78, 5) is 11.7. The van der Waals surface area contributed by atoms with E-state index < -0.39 is 5.97 Å². The molecule has 20 heavy (non-hydrogen) atoms. The number of nitrogens with zero attached hydrogens (tertiary/aromatic N) is 1. The summed E-state index contributed by atoms with van der Waals surface area (Å²) in [7, 11) is 1.30. The predicted octanol–water partition coefficient (Wildman–Crippen LogP) is 2.67. The number of hydrogen-bond acceptors (Lipinski definition) is 5. The zero-order valence-corrected chi connectivity index (χ0v) is 10.9. The molecule has 2 aromatic rings. The van der Waals surface area contributed by atoms with Gasteiger partial charge in [-0.15, -0.1) is 0 Å². The number of carbonyl (C=O) groups excluding carboxylic acids is 1. The number of esters is 1. The van der Waals surface area contributed by atoms with Crippen LogP contribution in [0.3, 0.4) is 0 Å². The van der Waals surface area contributed by atoms with Gasteiger partial charge >= 0.3 is 5.97 Å². The number of carbonyl (C=O) groups is 1. The fourth-order valence-corrected chi connectivity index (χ4v) is 1.81. The minimum Gasteiger partial charge on any atom is -0.465 e. The average Bonchev–Trinajstić information content (AvgIpc) is 2.49. The summed E-state index contributed by atoms with van der Waals surface area (Å²) < 4.78 is 4.73. The lowest BCUT2D eigenvalue weighted by Crippen LogP contribution is -2.08. The van der Waals surface area contributed by atoms with Gasteiger partial charge in [-0.05, 0) is 24.3 Å². The van der Waals surface area contributed by atoms with Crippen molar-refractivity contribution in [3.8, 4) is 6.07 Å². The normalized spacial score (nSPS) is 9.60. The van der Waals surface area contributed by atoms with Crippen molar-refractivity contribution in [2.45, 2.75) is 0 Å². The van der Waals surface area contributed by atoms with Crippen molar-refractivity contribution >= 4 is 23.0 Å². The second-order valence-corrected chi connectivity index (χ2v) is 4.04. The average molecular weight is 267 g/mol. The molecule has 0 amide bonds. The number of hydrogen-bond donors (Lipinski definition) is 2. The number of nitrogens with two attached hydrogens (primary N) is 1. The largest absolute Gasteiger partial charge is 0.465 e. The van der Waals surface area contributed by atoms with Crippen LogP contribution < -0.4 is 11.1 Å². The molecule has 0 spiro atoms. The second kappa shape index (κ2) is 5.76. The molecule has 0 saturated carbocycles. The van der Waals surface area contributed by atoms with Crippen LogP contribution in [0.1, 0.15) is 15.9 Å². The molecule has 0 unspecified atom stereocenters. The maximum atomic E-state index is 11.7. The lowest BCUT2D eigenvalue weighted by atomic mass is 10.1. The Morgan fingerprint density at radius 3 is 2.70 bits per heavy atom. The summed E-state index contributed by atoms with van der Waals surface area (Å²) in [6, 6.07) is 14.0. The van der Waals surface area contributed by atoms with E-state index in [1.54, 1.807) is 42.5 Å². The fraction of sp³-hybridized carbons (Fsp3) is 0.0667. The number of para-hydroxylation sites is 2. The first-order valence-electron chi connectivity index (χ1n) is 5.90. The zero-order valence-electron chi connectivity index (χ0n) is 10.9. The van der Waals surface area contributed by atoms with Crippen molar-refractivity contribution in [1.29, 1.82) is 5.26 Å². The van der Waals surface area contributed by atoms with E-state index in [1.807, 2.05) is 0 Å². The molecule has 0 saturated heterocycles. The van der Waals surface area contributed by atoms with E-state index in [1.165, 1.54) is 7.11 Å². The van der Waals surface area contributed by atoms with Gasteiger partial charge in [0.25, 0.3) is 0 Å². The van der Waals surface area contributed by atoms with Crippen LogP contribution in [-0.2, 0) is 4.74 Å². The molecule has 0 aliphatic rings. The number of anilines is 3.